The fraction of sp³-hybridized carbons (Fsp3) is 0.333. The van der Waals surface area contributed by atoms with Crippen LogP contribution in [0.2, 0.25) is 6.32 Å². The van der Waals surface area contributed by atoms with Crippen molar-refractivity contribution in [3.05, 3.63) is 0 Å². The van der Waals surface area contributed by atoms with Crippen molar-refractivity contribution in [2.75, 3.05) is 0 Å². The Balaban J connectivity index is 2.43. The molecule has 0 amide bonds. The first kappa shape index (κ1) is 3.62. The molecule has 0 nitrogen and oxygen atoms in total. The first-order valence-corrected chi connectivity index (χ1v) is 1.35. The van der Waals surface area contributed by atoms with Crippen LogP contribution in [0.15, 0.2) is 0 Å². The highest BCUT2D eigenvalue weighted by molar-refractivity contribution is 6.10. The SMILES string of the molecule is BCC#C. The Bertz CT molecular complexity index is 33.0. The second kappa shape index (κ2) is 2.62. The monoisotopic (exact) mass is 52.0 g/mol. The highest BCUT2D eigenvalue weighted by Gasteiger charge is 1.46. The molecule has 0 saturated carbocycles. The topological polar surface area (TPSA) is 0 Å². The minimum Gasteiger partial charge on any atom is -0.121 e. The minimum atomic E-state index is 0.847. The fourth-order valence-electron chi connectivity index (χ4n) is 0. The largest absolute Gasteiger partial charge is 0.121 e. The third-order valence-electron chi connectivity index (χ3n) is 0.204. The van der Waals surface area contributed by atoms with Crippen LogP contribution in [0.25, 0.3) is 0 Å². The summed E-state index contributed by atoms with van der Waals surface area (Å²) in [6, 6.07) is 0. The molecule has 0 aromatic rings. The molecule has 1 heteroatoms. The summed E-state index contributed by atoms with van der Waals surface area (Å²) >= 11 is 0. The maximum Gasteiger partial charge on any atom is 0.116 e. The molecule has 0 radical (unpaired) electrons. The van der Waals surface area contributed by atoms with Crippen LogP contribution in [-0.4, -0.2) is 7.85 Å². The Labute approximate surface area is 27.6 Å². The van der Waals surface area contributed by atoms with Gasteiger partial charge in [-0.05, 0) is 6.32 Å². The Kier molecular flexibility index (Phi) is 2.38. The predicted molar refractivity (Wildman–Crippen MR) is 22.2 cm³/mol. The van der Waals surface area contributed by atoms with E-state index in [0.717, 1.165) is 6.32 Å². The average Bonchev–Trinajstić information content (AvgIpc) is 1.37. The van der Waals surface area contributed by atoms with Gasteiger partial charge in [-0.3, -0.25) is 0 Å². The van der Waals surface area contributed by atoms with Gasteiger partial charge < -0.3 is 0 Å². The van der Waals surface area contributed by atoms with Crippen LogP contribution in [0.5, 0.6) is 0 Å². The molecule has 0 saturated heterocycles. The smallest absolute Gasteiger partial charge is 0.116 e. The van der Waals surface area contributed by atoms with Crippen LogP contribution < -0.4 is 0 Å². The van der Waals surface area contributed by atoms with Gasteiger partial charge in [0.1, 0.15) is 7.85 Å². The zero-order chi connectivity index (χ0) is 3.41. The first-order chi connectivity index (χ1) is 1.91. The van der Waals surface area contributed by atoms with Crippen LogP contribution in [0.1, 0.15) is 0 Å². The van der Waals surface area contributed by atoms with Gasteiger partial charge >= 0.3 is 0 Å². The van der Waals surface area contributed by atoms with Crippen molar-refractivity contribution in [3.63, 3.8) is 0 Å². The summed E-state index contributed by atoms with van der Waals surface area (Å²) in [6.45, 7) is 0. The molecule has 0 unspecified atom stereocenters. The van der Waals surface area contributed by atoms with Crippen molar-refractivity contribution in [2.45, 2.75) is 6.32 Å². The molecule has 0 aliphatic heterocycles. The van der Waals surface area contributed by atoms with Gasteiger partial charge in [-0.1, -0.05) is 0 Å². The minimum absolute atomic E-state index is 0.847. The molecular formula is C3H5B. The zero-order valence-electron chi connectivity index (χ0n) is 2.78. The van der Waals surface area contributed by atoms with Gasteiger partial charge in [-0.15, -0.1) is 12.3 Å². The second-order valence-corrected chi connectivity index (χ2v) is 0.558. The molecule has 0 rings (SSSR count). The lowest BCUT2D eigenvalue weighted by Gasteiger charge is -1.51. The summed E-state index contributed by atoms with van der Waals surface area (Å²) in [5.41, 5.74) is 0. The van der Waals surface area contributed by atoms with E-state index >= 15 is 0 Å². The van der Waals surface area contributed by atoms with E-state index in [1.807, 2.05) is 7.85 Å². The molecule has 0 fully saturated rings. The maximum atomic E-state index is 4.78. The molecule has 0 heterocycles. The van der Waals surface area contributed by atoms with Crippen LogP contribution in [0.3, 0.4) is 0 Å². The molecule has 0 aromatic carbocycles. The Morgan fingerprint density at radius 3 is 2.25 bits per heavy atom. The lowest BCUT2D eigenvalue weighted by Crippen LogP contribution is -1.48. The van der Waals surface area contributed by atoms with Gasteiger partial charge in [0.2, 0.25) is 0 Å². The molecule has 0 aromatic heterocycles. The molecule has 0 aliphatic rings. The van der Waals surface area contributed by atoms with E-state index in [-0.39, 0.29) is 0 Å². The third-order valence-corrected chi connectivity index (χ3v) is 0.204. The van der Waals surface area contributed by atoms with E-state index in [1.165, 1.54) is 0 Å². The second-order valence-electron chi connectivity index (χ2n) is 0.558. The summed E-state index contributed by atoms with van der Waals surface area (Å²) in [5, 5.41) is 0. The van der Waals surface area contributed by atoms with Crippen molar-refractivity contribution in [1.29, 1.82) is 0 Å². The molecule has 0 atom stereocenters. The van der Waals surface area contributed by atoms with Crippen molar-refractivity contribution < 1.29 is 0 Å². The summed E-state index contributed by atoms with van der Waals surface area (Å²) in [7, 11) is 1.94. The molecule has 4 heavy (non-hydrogen) atoms. The predicted octanol–water partition coefficient (Wildman–Crippen LogP) is -0.329. The van der Waals surface area contributed by atoms with Gasteiger partial charge in [-0.2, -0.15) is 0 Å². The quantitative estimate of drug-likeness (QED) is 0.261. The fourth-order valence-corrected chi connectivity index (χ4v) is 0. The van der Waals surface area contributed by atoms with Gasteiger partial charge in [0.25, 0.3) is 0 Å². The van der Waals surface area contributed by atoms with Crippen LogP contribution >= 0.6 is 0 Å². The summed E-state index contributed by atoms with van der Waals surface area (Å²) < 4.78 is 0. The first-order valence-electron chi connectivity index (χ1n) is 1.35. The van der Waals surface area contributed by atoms with E-state index in [2.05, 4.69) is 5.92 Å². The lowest BCUT2D eigenvalue weighted by molar-refractivity contribution is 1.89. The van der Waals surface area contributed by atoms with Crippen LogP contribution in [0, 0.1) is 12.3 Å². The van der Waals surface area contributed by atoms with Gasteiger partial charge in [0.15, 0.2) is 0 Å². The molecule has 0 spiro atoms. The Morgan fingerprint density at radius 1 is 2.00 bits per heavy atom. The highest BCUT2D eigenvalue weighted by atomic mass is 13.3. The maximum absolute atomic E-state index is 4.78. The highest BCUT2D eigenvalue weighted by Crippen LogP contribution is 1.52. The summed E-state index contributed by atoms with van der Waals surface area (Å²) in [6.07, 6.45) is 5.62. The van der Waals surface area contributed by atoms with E-state index in [9.17, 15) is 0 Å². The normalized spacial score (nSPS) is 4.75. The molecule has 0 aliphatic carbocycles. The molecule has 0 bridgehead atoms. The summed E-state index contributed by atoms with van der Waals surface area (Å²) in [4.78, 5) is 0. The molecular weight excluding hydrogens is 46.8 g/mol. The number of hydrogen-bond donors (Lipinski definition) is 0. The number of hydrogen-bond acceptors (Lipinski definition) is 0. The average molecular weight is 51.9 g/mol. The van der Waals surface area contributed by atoms with Crippen molar-refractivity contribution in [3.8, 4) is 12.3 Å². The van der Waals surface area contributed by atoms with E-state index < -0.39 is 0 Å². The van der Waals surface area contributed by atoms with E-state index in [0.29, 0.717) is 0 Å². The zero-order valence-corrected chi connectivity index (χ0v) is 2.78. The van der Waals surface area contributed by atoms with Crippen molar-refractivity contribution in [2.24, 2.45) is 0 Å². The standard InChI is InChI=1S/C3H5B/c1-2-3-4/h1H,3-4H2. The number of terminal acetylenes is 1. The van der Waals surface area contributed by atoms with Gasteiger partial charge in [0, 0.05) is 0 Å². The molecule has 0 N–H and O–H groups in total. The Hall–Kier alpha value is -0.375. The van der Waals surface area contributed by atoms with Crippen LogP contribution in [-0.2, 0) is 0 Å². The van der Waals surface area contributed by atoms with Crippen molar-refractivity contribution in [1.82, 2.24) is 0 Å². The Morgan fingerprint density at radius 2 is 2.25 bits per heavy atom. The van der Waals surface area contributed by atoms with Crippen LogP contribution in [0.4, 0.5) is 0 Å². The van der Waals surface area contributed by atoms with Gasteiger partial charge in [0.05, 0.1) is 0 Å². The van der Waals surface area contributed by atoms with E-state index in [4.69, 9.17) is 6.42 Å². The van der Waals surface area contributed by atoms with Gasteiger partial charge in [-0.25, -0.2) is 0 Å². The van der Waals surface area contributed by atoms with Crippen molar-refractivity contribution >= 4 is 7.85 Å². The molecule has 20 valence electrons. The lowest BCUT2D eigenvalue weighted by atomic mass is 10.1. The van der Waals surface area contributed by atoms with E-state index in [1.54, 1.807) is 0 Å². The summed E-state index contributed by atoms with van der Waals surface area (Å²) in [5.74, 6) is 2.43. The third kappa shape index (κ3) is 1.62. The number of rotatable bonds is 0.